The average Bonchev–Trinajstić information content (AvgIpc) is 2.64. The molecular formula is C16H15BrN2O. The van der Waals surface area contributed by atoms with Gasteiger partial charge >= 0.3 is 0 Å². The van der Waals surface area contributed by atoms with Crippen molar-refractivity contribution in [3.05, 3.63) is 63.6 Å². The molecule has 3 rings (SSSR count). The summed E-state index contributed by atoms with van der Waals surface area (Å²) in [5, 5.41) is 0. The van der Waals surface area contributed by atoms with Gasteiger partial charge in [0, 0.05) is 10.0 Å². The molecule has 0 aromatic heterocycles. The number of hydrogen-bond donors (Lipinski definition) is 1. The fourth-order valence-electron chi connectivity index (χ4n) is 2.59. The van der Waals surface area contributed by atoms with Gasteiger partial charge in [0.25, 0.3) is 0 Å². The first-order chi connectivity index (χ1) is 9.56. The first-order valence-corrected chi connectivity index (χ1v) is 7.27. The largest absolute Gasteiger partial charge is 0.316 e. The molecule has 1 unspecified atom stereocenters. The van der Waals surface area contributed by atoms with Gasteiger partial charge in [-0.1, -0.05) is 51.8 Å². The van der Waals surface area contributed by atoms with Crippen LogP contribution >= 0.6 is 15.9 Å². The molecule has 1 heterocycles. The van der Waals surface area contributed by atoms with Crippen LogP contribution in [0.2, 0.25) is 0 Å². The van der Waals surface area contributed by atoms with Gasteiger partial charge in [0.1, 0.15) is 6.04 Å². The molecular weight excluding hydrogens is 316 g/mol. The van der Waals surface area contributed by atoms with Gasteiger partial charge in [-0.3, -0.25) is 4.79 Å². The van der Waals surface area contributed by atoms with Gasteiger partial charge in [0.15, 0.2) is 0 Å². The Hall–Kier alpha value is -1.65. The minimum Gasteiger partial charge on any atom is -0.316 e. The van der Waals surface area contributed by atoms with Crippen LogP contribution in [0.25, 0.3) is 0 Å². The summed E-state index contributed by atoms with van der Waals surface area (Å²) >= 11 is 3.45. The lowest BCUT2D eigenvalue weighted by molar-refractivity contribution is -0.119. The molecule has 4 heteroatoms. The normalized spacial score (nSPS) is 17.4. The van der Waals surface area contributed by atoms with Crippen LogP contribution in [0.4, 0.5) is 5.69 Å². The predicted octanol–water partition coefficient (Wildman–Crippen LogP) is 3.30. The van der Waals surface area contributed by atoms with Crippen molar-refractivity contribution in [3.8, 4) is 0 Å². The van der Waals surface area contributed by atoms with E-state index in [1.54, 1.807) is 4.90 Å². The standard InChI is InChI=1S/C16H15BrN2O/c1-10-3-2-4-11(7-10)9-19-14-8-12(17)5-6-13(14)15(18)16(19)20/h2-8,15H,9,18H2,1H3. The van der Waals surface area contributed by atoms with Crippen LogP contribution in [0.15, 0.2) is 46.9 Å². The number of hydrogen-bond acceptors (Lipinski definition) is 2. The average molecular weight is 331 g/mol. The number of aryl methyl sites for hydroxylation is 1. The number of amides is 1. The van der Waals surface area contributed by atoms with Gasteiger partial charge < -0.3 is 10.6 Å². The van der Waals surface area contributed by atoms with Crippen LogP contribution in [-0.4, -0.2) is 5.91 Å². The highest BCUT2D eigenvalue weighted by Gasteiger charge is 2.34. The van der Waals surface area contributed by atoms with E-state index < -0.39 is 6.04 Å². The second-order valence-electron chi connectivity index (χ2n) is 5.09. The van der Waals surface area contributed by atoms with E-state index in [1.807, 2.05) is 43.3 Å². The maximum absolute atomic E-state index is 12.3. The highest BCUT2D eigenvalue weighted by molar-refractivity contribution is 9.10. The molecule has 0 saturated carbocycles. The molecule has 0 fully saturated rings. The molecule has 1 aliphatic rings. The molecule has 20 heavy (non-hydrogen) atoms. The quantitative estimate of drug-likeness (QED) is 0.918. The van der Waals surface area contributed by atoms with Crippen molar-refractivity contribution in [1.29, 1.82) is 0 Å². The molecule has 2 N–H and O–H groups in total. The zero-order chi connectivity index (χ0) is 14.3. The summed E-state index contributed by atoms with van der Waals surface area (Å²) in [6.07, 6.45) is 0. The van der Waals surface area contributed by atoms with Crippen LogP contribution < -0.4 is 10.6 Å². The Kier molecular flexibility index (Phi) is 3.36. The van der Waals surface area contributed by atoms with Crippen molar-refractivity contribution in [2.45, 2.75) is 19.5 Å². The molecule has 0 saturated heterocycles. The molecule has 0 bridgehead atoms. The van der Waals surface area contributed by atoms with E-state index in [4.69, 9.17) is 5.73 Å². The smallest absolute Gasteiger partial charge is 0.248 e. The SMILES string of the molecule is Cc1cccc(CN2C(=O)C(N)c3ccc(Br)cc32)c1. The van der Waals surface area contributed by atoms with Crippen LogP contribution in [-0.2, 0) is 11.3 Å². The Morgan fingerprint density at radius 1 is 1.25 bits per heavy atom. The van der Waals surface area contributed by atoms with E-state index in [9.17, 15) is 4.79 Å². The minimum atomic E-state index is -0.553. The number of fused-ring (bicyclic) bond motifs is 1. The maximum atomic E-state index is 12.3. The molecule has 2 aromatic carbocycles. The summed E-state index contributed by atoms with van der Waals surface area (Å²) in [5.41, 5.74) is 10.1. The summed E-state index contributed by atoms with van der Waals surface area (Å²) in [6.45, 7) is 2.60. The zero-order valence-corrected chi connectivity index (χ0v) is 12.7. The molecule has 0 aliphatic carbocycles. The summed E-state index contributed by atoms with van der Waals surface area (Å²) < 4.78 is 0.951. The number of nitrogens with zero attached hydrogens (tertiary/aromatic N) is 1. The molecule has 1 atom stereocenters. The van der Waals surface area contributed by atoms with Gasteiger partial charge in [-0.15, -0.1) is 0 Å². The van der Waals surface area contributed by atoms with Gasteiger partial charge in [0.2, 0.25) is 5.91 Å². The van der Waals surface area contributed by atoms with Crippen molar-refractivity contribution in [3.63, 3.8) is 0 Å². The summed E-state index contributed by atoms with van der Waals surface area (Å²) in [5.74, 6) is -0.0420. The third-order valence-corrected chi connectivity index (χ3v) is 4.07. The van der Waals surface area contributed by atoms with E-state index in [0.29, 0.717) is 6.54 Å². The topological polar surface area (TPSA) is 46.3 Å². The molecule has 2 aromatic rings. The third-order valence-electron chi connectivity index (χ3n) is 3.57. The van der Waals surface area contributed by atoms with E-state index in [0.717, 1.165) is 21.3 Å². The fourth-order valence-corrected chi connectivity index (χ4v) is 2.94. The number of carbonyl (C=O) groups is 1. The Morgan fingerprint density at radius 2 is 2.05 bits per heavy atom. The zero-order valence-electron chi connectivity index (χ0n) is 11.1. The third kappa shape index (κ3) is 2.25. The number of halogens is 1. The first-order valence-electron chi connectivity index (χ1n) is 6.48. The lowest BCUT2D eigenvalue weighted by Gasteiger charge is -2.18. The van der Waals surface area contributed by atoms with Crippen LogP contribution in [0.5, 0.6) is 0 Å². The van der Waals surface area contributed by atoms with Crippen LogP contribution in [0, 0.1) is 6.92 Å². The van der Waals surface area contributed by atoms with Crippen molar-refractivity contribution in [2.75, 3.05) is 4.90 Å². The summed E-state index contributed by atoms with van der Waals surface area (Å²) in [7, 11) is 0. The lowest BCUT2D eigenvalue weighted by Crippen LogP contribution is -2.31. The molecule has 1 amide bonds. The van der Waals surface area contributed by atoms with E-state index >= 15 is 0 Å². The second kappa shape index (κ2) is 5.04. The van der Waals surface area contributed by atoms with Crippen molar-refractivity contribution < 1.29 is 4.79 Å². The number of benzene rings is 2. The first kappa shape index (κ1) is 13.3. The van der Waals surface area contributed by atoms with E-state index in [-0.39, 0.29) is 5.91 Å². The van der Waals surface area contributed by atoms with Crippen molar-refractivity contribution in [1.82, 2.24) is 0 Å². The second-order valence-corrected chi connectivity index (χ2v) is 6.01. The van der Waals surface area contributed by atoms with Crippen molar-refractivity contribution in [2.24, 2.45) is 5.73 Å². The highest BCUT2D eigenvalue weighted by atomic mass is 79.9. The Morgan fingerprint density at radius 3 is 2.80 bits per heavy atom. The Labute approximate surface area is 126 Å². The van der Waals surface area contributed by atoms with Crippen molar-refractivity contribution >= 4 is 27.5 Å². The maximum Gasteiger partial charge on any atom is 0.248 e. The number of anilines is 1. The Balaban J connectivity index is 1.98. The summed E-state index contributed by atoms with van der Waals surface area (Å²) in [4.78, 5) is 14.1. The monoisotopic (exact) mass is 330 g/mol. The number of rotatable bonds is 2. The van der Waals surface area contributed by atoms with Gasteiger partial charge in [0.05, 0.1) is 12.2 Å². The van der Waals surface area contributed by atoms with Crippen LogP contribution in [0.3, 0.4) is 0 Å². The van der Waals surface area contributed by atoms with Gasteiger partial charge in [-0.05, 0) is 24.6 Å². The summed E-state index contributed by atoms with van der Waals surface area (Å²) in [6, 6.07) is 13.4. The minimum absolute atomic E-state index is 0.0420. The van der Waals surface area contributed by atoms with Crippen LogP contribution in [0.1, 0.15) is 22.7 Å². The fraction of sp³-hybridized carbons (Fsp3) is 0.188. The molecule has 102 valence electrons. The van der Waals surface area contributed by atoms with Gasteiger partial charge in [-0.25, -0.2) is 0 Å². The molecule has 0 spiro atoms. The van der Waals surface area contributed by atoms with E-state index in [1.165, 1.54) is 5.56 Å². The number of nitrogens with two attached hydrogens (primary N) is 1. The van der Waals surface area contributed by atoms with Gasteiger partial charge in [-0.2, -0.15) is 0 Å². The molecule has 1 aliphatic heterocycles. The Bertz CT molecular complexity index is 684. The molecule has 0 radical (unpaired) electrons. The number of carbonyl (C=O) groups excluding carboxylic acids is 1. The van der Waals surface area contributed by atoms with E-state index in [2.05, 4.69) is 22.0 Å². The lowest BCUT2D eigenvalue weighted by atomic mass is 10.1. The predicted molar refractivity (Wildman–Crippen MR) is 83.4 cm³/mol. The highest BCUT2D eigenvalue weighted by Crippen LogP contribution is 2.37. The molecule has 3 nitrogen and oxygen atoms in total.